The highest BCUT2D eigenvalue weighted by Crippen LogP contribution is 2.20. The van der Waals surface area contributed by atoms with Gasteiger partial charge in [0.25, 0.3) is 5.56 Å². The van der Waals surface area contributed by atoms with Gasteiger partial charge in [0, 0.05) is 0 Å². The predicted molar refractivity (Wildman–Crippen MR) is 59.9 cm³/mol. The first-order chi connectivity index (χ1) is 8.56. The molecule has 18 heavy (non-hydrogen) atoms. The molecule has 0 bridgehead atoms. The van der Waals surface area contributed by atoms with Gasteiger partial charge in [0.15, 0.2) is 0 Å². The lowest BCUT2D eigenvalue weighted by molar-refractivity contribution is 0.450. The molecule has 2 rings (SSSR count). The second kappa shape index (κ2) is 4.62. The number of aromatic nitrogens is 2. The molecule has 0 amide bonds. The van der Waals surface area contributed by atoms with Crippen LogP contribution in [0.15, 0.2) is 44.1 Å². The van der Waals surface area contributed by atoms with Crippen LogP contribution in [0.1, 0.15) is 0 Å². The van der Waals surface area contributed by atoms with Crippen LogP contribution >= 0.6 is 0 Å². The Morgan fingerprint density at radius 3 is 2.33 bits per heavy atom. The topological polar surface area (TPSA) is 111 Å². The second-order valence-electron chi connectivity index (χ2n) is 3.28. The zero-order chi connectivity index (χ0) is 13.1. The Morgan fingerprint density at radius 1 is 1.06 bits per heavy atom. The van der Waals surface area contributed by atoms with Crippen molar-refractivity contribution in [2.24, 2.45) is 10.2 Å². The number of aromatic hydroxyl groups is 1. The highest BCUT2D eigenvalue weighted by Gasteiger charge is 2.06. The van der Waals surface area contributed by atoms with Crippen molar-refractivity contribution in [3.05, 3.63) is 50.9 Å². The summed E-state index contributed by atoms with van der Waals surface area (Å²) in [6.45, 7) is 0. The number of rotatable bonds is 2. The van der Waals surface area contributed by atoms with Crippen molar-refractivity contribution in [2.75, 3.05) is 0 Å². The number of hydrogen-bond acceptors (Lipinski definition) is 5. The fourth-order valence-electron chi connectivity index (χ4n) is 1.18. The van der Waals surface area contributed by atoms with Crippen LogP contribution in [0.5, 0.6) is 5.88 Å². The van der Waals surface area contributed by atoms with Crippen LogP contribution < -0.4 is 11.2 Å². The molecule has 0 atom stereocenters. The van der Waals surface area contributed by atoms with E-state index in [1.165, 1.54) is 24.3 Å². The molecule has 2 aromatic rings. The van der Waals surface area contributed by atoms with Gasteiger partial charge in [0.1, 0.15) is 5.82 Å². The molecule has 0 fully saturated rings. The summed E-state index contributed by atoms with van der Waals surface area (Å²) in [5, 5.41) is 16.4. The lowest BCUT2D eigenvalue weighted by Gasteiger charge is -1.95. The van der Waals surface area contributed by atoms with E-state index in [4.69, 9.17) is 0 Å². The fourth-order valence-corrected chi connectivity index (χ4v) is 1.18. The number of azo groups is 1. The van der Waals surface area contributed by atoms with E-state index in [2.05, 4.69) is 10.2 Å². The Bertz CT molecular complexity index is 702. The quantitative estimate of drug-likeness (QED) is 0.699. The Balaban J connectivity index is 2.38. The number of nitrogens with zero attached hydrogens (tertiary/aromatic N) is 2. The van der Waals surface area contributed by atoms with Gasteiger partial charge in [0.05, 0.1) is 5.69 Å². The first-order valence-electron chi connectivity index (χ1n) is 4.79. The Hall–Kier alpha value is -2.77. The minimum Gasteiger partial charge on any atom is -0.493 e. The monoisotopic (exact) mass is 250 g/mol. The zero-order valence-corrected chi connectivity index (χ0v) is 8.85. The van der Waals surface area contributed by atoms with E-state index < -0.39 is 28.6 Å². The van der Waals surface area contributed by atoms with Crippen molar-refractivity contribution in [1.82, 2.24) is 9.97 Å². The molecule has 0 aliphatic rings. The van der Waals surface area contributed by atoms with Crippen molar-refractivity contribution in [1.29, 1.82) is 0 Å². The van der Waals surface area contributed by atoms with Crippen molar-refractivity contribution >= 4 is 11.4 Å². The molecule has 0 spiro atoms. The van der Waals surface area contributed by atoms with Crippen LogP contribution in [0.3, 0.4) is 0 Å². The van der Waals surface area contributed by atoms with Gasteiger partial charge in [-0.1, -0.05) is 0 Å². The maximum Gasteiger partial charge on any atom is 0.328 e. The van der Waals surface area contributed by atoms with E-state index >= 15 is 0 Å². The first kappa shape index (κ1) is 11.7. The number of nitrogens with one attached hydrogen (secondary N) is 2. The number of aromatic amines is 2. The summed E-state index contributed by atoms with van der Waals surface area (Å²) in [7, 11) is 0. The summed E-state index contributed by atoms with van der Waals surface area (Å²) < 4.78 is 12.6. The third-order valence-corrected chi connectivity index (χ3v) is 1.99. The predicted octanol–water partition coefficient (Wildman–Crippen LogP) is 1.32. The summed E-state index contributed by atoms with van der Waals surface area (Å²) in [5.41, 5.74) is -1.86. The van der Waals surface area contributed by atoms with Gasteiger partial charge < -0.3 is 5.11 Å². The summed E-state index contributed by atoms with van der Waals surface area (Å²) >= 11 is 0. The van der Waals surface area contributed by atoms with E-state index in [1.807, 2.05) is 9.97 Å². The van der Waals surface area contributed by atoms with E-state index in [9.17, 15) is 19.1 Å². The van der Waals surface area contributed by atoms with Crippen molar-refractivity contribution in [2.45, 2.75) is 0 Å². The minimum atomic E-state index is -0.873. The van der Waals surface area contributed by atoms with Crippen molar-refractivity contribution in [3.8, 4) is 5.88 Å². The molecule has 92 valence electrons. The Morgan fingerprint density at radius 2 is 1.72 bits per heavy atom. The van der Waals surface area contributed by atoms with Crippen LogP contribution in [0, 0.1) is 5.82 Å². The fraction of sp³-hybridized carbons (Fsp3) is 0. The minimum absolute atomic E-state index is 0.293. The van der Waals surface area contributed by atoms with E-state index in [1.54, 1.807) is 0 Å². The van der Waals surface area contributed by atoms with Gasteiger partial charge in [-0.25, -0.2) is 9.18 Å². The van der Waals surface area contributed by atoms with Crippen LogP contribution in [0.4, 0.5) is 15.8 Å². The molecule has 0 aliphatic heterocycles. The number of H-pyrrole nitrogens is 2. The molecule has 8 heteroatoms. The molecule has 0 radical (unpaired) electrons. The third-order valence-electron chi connectivity index (χ3n) is 1.99. The van der Waals surface area contributed by atoms with Gasteiger partial charge in [-0.15, -0.1) is 5.11 Å². The molecule has 0 saturated heterocycles. The number of hydrogen-bond donors (Lipinski definition) is 3. The first-order valence-corrected chi connectivity index (χ1v) is 4.79. The van der Waals surface area contributed by atoms with E-state index in [0.29, 0.717) is 5.69 Å². The van der Waals surface area contributed by atoms with Crippen LogP contribution in [0.2, 0.25) is 0 Å². The van der Waals surface area contributed by atoms with Gasteiger partial charge in [-0.3, -0.25) is 14.8 Å². The number of halogens is 1. The van der Waals surface area contributed by atoms with Gasteiger partial charge in [-0.2, -0.15) is 5.11 Å². The summed E-state index contributed by atoms with van der Waals surface area (Å²) in [6.07, 6.45) is 0. The van der Waals surface area contributed by atoms with Crippen LogP contribution in [0.25, 0.3) is 0 Å². The largest absolute Gasteiger partial charge is 0.493 e. The zero-order valence-electron chi connectivity index (χ0n) is 8.85. The van der Waals surface area contributed by atoms with E-state index in [-0.39, 0.29) is 0 Å². The molecule has 0 unspecified atom stereocenters. The molecular weight excluding hydrogens is 243 g/mol. The molecule has 1 aromatic heterocycles. The summed E-state index contributed by atoms with van der Waals surface area (Å²) in [4.78, 5) is 25.9. The van der Waals surface area contributed by atoms with E-state index in [0.717, 1.165) is 0 Å². The molecule has 0 saturated carbocycles. The Labute approximate surface area is 98.7 Å². The van der Waals surface area contributed by atoms with Crippen molar-refractivity contribution in [3.63, 3.8) is 0 Å². The normalized spacial score (nSPS) is 10.9. The van der Waals surface area contributed by atoms with Crippen molar-refractivity contribution < 1.29 is 9.50 Å². The smallest absolute Gasteiger partial charge is 0.328 e. The van der Waals surface area contributed by atoms with Crippen LogP contribution in [-0.4, -0.2) is 15.1 Å². The average Bonchev–Trinajstić information content (AvgIpc) is 2.30. The Kier molecular flexibility index (Phi) is 3.00. The third kappa shape index (κ3) is 2.48. The molecule has 0 aliphatic carbocycles. The van der Waals surface area contributed by atoms with Crippen LogP contribution in [-0.2, 0) is 0 Å². The standard InChI is InChI=1S/C10H7FN4O3/c11-5-1-3-6(4-2-5)14-15-7-8(16)12-10(18)13-9(7)17/h1-4H,(H3,12,13,16,17,18). The second-order valence-corrected chi connectivity index (χ2v) is 3.28. The molecular formula is C10H7FN4O3. The highest BCUT2D eigenvalue weighted by molar-refractivity contribution is 5.44. The summed E-state index contributed by atoms with van der Waals surface area (Å²) in [6, 6.07) is 5.03. The maximum absolute atomic E-state index is 12.6. The summed E-state index contributed by atoms with van der Waals surface area (Å²) in [5.74, 6) is -1.12. The SMILES string of the molecule is O=c1[nH]c(O)c(N=Nc2ccc(F)cc2)c(=O)[nH]1. The average molecular weight is 250 g/mol. The highest BCUT2D eigenvalue weighted by atomic mass is 19.1. The molecule has 1 heterocycles. The van der Waals surface area contributed by atoms with Gasteiger partial charge >= 0.3 is 5.69 Å². The molecule has 1 aromatic carbocycles. The lowest BCUT2D eigenvalue weighted by atomic mass is 10.3. The molecule has 3 N–H and O–H groups in total. The van der Waals surface area contributed by atoms with Gasteiger partial charge in [0.2, 0.25) is 11.6 Å². The molecule has 7 nitrogen and oxygen atoms in total. The number of benzene rings is 1. The maximum atomic E-state index is 12.6. The lowest BCUT2D eigenvalue weighted by Crippen LogP contribution is -2.20. The van der Waals surface area contributed by atoms with Gasteiger partial charge in [-0.05, 0) is 24.3 Å².